The van der Waals surface area contributed by atoms with E-state index in [1.807, 2.05) is 24.3 Å². The molecular weight excluding hydrogens is 270 g/mol. The Morgan fingerprint density at radius 2 is 2.25 bits per heavy atom. The molecule has 0 amide bonds. The van der Waals surface area contributed by atoms with Crippen LogP contribution in [0.2, 0.25) is 0 Å². The summed E-state index contributed by atoms with van der Waals surface area (Å²) < 4.78 is 6.16. The Morgan fingerprint density at radius 1 is 1.44 bits per heavy atom. The van der Waals surface area contributed by atoms with Gasteiger partial charge in [-0.1, -0.05) is 15.9 Å². The molecule has 4 nitrogen and oxygen atoms in total. The van der Waals surface area contributed by atoms with Crippen molar-refractivity contribution in [3.8, 4) is 17.0 Å². The molecule has 0 saturated carbocycles. The lowest BCUT2D eigenvalue weighted by Gasteiger charge is -2.04. The zero-order valence-corrected chi connectivity index (χ0v) is 10.4. The van der Waals surface area contributed by atoms with Crippen LogP contribution < -0.4 is 10.5 Å². The normalized spacial score (nSPS) is 10.4. The molecule has 0 bridgehead atoms. The van der Waals surface area contributed by atoms with Crippen LogP contribution in [0.3, 0.4) is 0 Å². The molecule has 0 aliphatic carbocycles. The monoisotopic (exact) mass is 281 g/mol. The Balaban J connectivity index is 2.45. The molecule has 0 radical (unpaired) electrons. The third-order valence-corrected chi connectivity index (χ3v) is 2.99. The molecule has 1 aromatic heterocycles. The summed E-state index contributed by atoms with van der Waals surface area (Å²) in [7, 11) is 1.64. The second-order valence-corrected chi connectivity index (χ2v) is 4.18. The molecule has 1 aromatic carbocycles. The van der Waals surface area contributed by atoms with Gasteiger partial charge in [0.05, 0.1) is 12.8 Å². The molecule has 2 rings (SSSR count). The van der Waals surface area contributed by atoms with E-state index in [1.54, 1.807) is 7.11 Å². The Hall–Kier alpha value is -1.33. The van der Waals surface area contributed by atoms with Crippen molar-refractivity contribution in [2.75, 3.05) is 7.11 Å². The van der Waals surface area contributed by atoms with Crippen LogP contribution in [0.15, 0.2) is 28.7 Å². The van der Waals surface area contributed by atoms with Gasteiger partial charge in [0.1, 0.15) is 5.75 Å². The molecule has 0 aliphatic heterocycles. The number of hydrogen-bond acceptors (Lipinski definition) is 3. The Kier molecular flexibility index (Phi) is 3.26. The fraction of sp³-hybridized carbons (Fsp3) is 0.182. The third-order valence-electron chi connectivity index (χ3n) is 2.30. The first-order valence-corrected chi connectivity index (χ1v) is 5.62. The quantitative estimate of drug-likeness (QED) is 0.908. The maximum absolute atomic E-state index is 5.53. The first kappa shape index (κ1) is 11.2. The number of aromatic nitrogens is 2. The van der Waals surface area contributed by atoms with Gasteiger partial charge in [0.2, 0.25) is 0 Å². The number of methoxy groups -OCH3 is 1. The van der Waals surface area contributed by atoms with E-state index in [-0.39, 0.29) is 0 Å². The summed E-state index contributed by atoms with van der Waals surface area (Å²) in [5.74, 6) is 0.801. The first-order valence-electron chi connectivity index (χ1n) is 4.83. The molecule has 3 N–H and O–H groups in total. The van der Waals surface area contributed by atoms with E-state index in [1.165, 1.54) is 0 Å². The van der Waals surface area contributed by atoms with Gasteiger partial charge in [-0.25, -0.2) is 0 Å². The van der Waals surface area contributed by atoms with E-state index in [0.29, 0.717) is 6.54 Å². The number of hydrogen-bond donors (Lipinski definition) is 2. The van der Waals surface area contributed by atoms with Crippen LogP contribution in [-0.4, -0.2) is 17.3 Å². The fourth-order valence-corrected chi connectivity index (χ4v) is 1.88. The van der Waals surface area contributed by atoms with E-state index < -0.39 is 0 Å². The topological polar surface area (TPSA) is 63.9 Å². The van der Waals surface area contributed by atoms with Gasteiger partial charge in [0.15, 0.2) is 0 Å². The minimum absolute atomic E-state index is 0.453. The van der Waals surface area contributed by atoms with Crippen molar-refractivity contribution in [1.29, 1.82) is 0 Å². The second-order valence-electron chi connectivity index (χ2n) is 3.33. The number of rotatable bonds is 3. The second kappa shape index (κ2) is 4.67. The van der Waals surface area contributed by atoms with Gasteiger partial charge in [-0.3, -0.25) is 5.10 Å². The molecule has 84 valence electrons. The van der Waals surface area contributed by atoms with E-state index >= 15 is 0 Å². The van der Waals surface area contributed by atoms with Gasteiger partial charge in [-0.05, 0) is 24.3 Å². The van der Waals surface area contributed by atoms with Gasteiger partial charge >= 0.3 is 0 Å². The summed E-state index contributed by atoms with van der Waals surface area (Å²) in [6.07, 6.45) is 0. The smallest absolute Gasteiger partial charge is 0.119 e. The molecule has 0 aliphatic rings. The highest BCUT2D eigenvalue weighted by atomic mass is 79.9. The number of nitrogens with one attached hydrogen (secondary N) is 1. The minimum Gasteiger partial charge on any atom is -0.497 e. The fourth-order valence-electron chi connectivity index (χ4n) is 1.43. The summed E-state index contributed by atoms with van der Waals surface area (Å²) in [4.78, 5) is 0. The number of nitrogens with zero attached hydrogens (tertiary/aromatic N) is 1. The molecule has 2 aromatic rings. The summed E-state index contributed by atoms with van der Waals surface area (Å²) in [6, 6.07) is 7.69. The van der Waals surface area contributed by atoms with Crippen molar-refractivity contribution in [3.05, 3.63) is 34.4 Å². The summed E-state index contributed by atoms with van der Waals surface area (Å²) in [5.41, 5.74) is 8.27. The predicted octanol–water partition coefficient (Wildman–Crippen LogP) is 2.31. The lowest BCUT2D eigenvalue weighted by molar-refractivity contribution is 0.415. The maximum atomic E-state index is 5.53. The Bertz CT molecular complexity index is 496. The van der Waals surface area contributed by atoms with Crippen molar-refractivity contribution >= 4 is 15.9 Å². The zero-order chi connectivity index (χ0) is 11.5. The van der Waals surface area contributed by atoms with Crippen LogP contribution in [0.25, 0.3) is 11.3 Å². The van der Waals surface area contributed by atoms with Crippen molar-refractivity contribution in [1.82, 2.24) is 10.2 Å². The summed E-state index contributed by atoms with van der Waals surface area (Å²) in [6.45, 7) is 0.453. The van der Waals surface area contributed by atoms with Gasteiger partial charge < -0.3 is 10.5 Å². The van der Waals surface area contributed by atoms with E-state index in [9.17, 15) is 0 Å². The highest BCUT2D eigenvalue weighted by Crippen LogP contribution is 2.30. The minimum atomic E-state index is 0.453. The molecule has 0 unspecified atom stereocenters. The summed E-state index contributed by atoms with van der Waals surface area (Å²) in [5, 5.41) is 7.08. The number of H-pyrrole nitrogens is 1. The average Bonchev–Trinajstić information content (AvgIpc) is 2.78. The third kappa shape index (κ3) is 2.10. The highest BCUT2D eigenvalue weighted by Gasteiger charge is 2.08. The van der Waals surface area contributed by atoms with Crippen LogP contribution >= 0.6 is 15.9 Å². The molecule has 16 heavy (non-hydrogen) atoms. The largest absolute Gasteiger partial charge is 0.497 e. The number of aromatic amines is 1. The standard InChI is InChI=1S/C11H12BrN3O/c1-16-8-2-3-10(12)9(5-8)11-4-7(6-13)14-15-11/h2-5H,6,13H2,1H3,(H,14,15). The van der Waals surface area contributed by atoms with Gasteiger partial charge in [0.25, 0.3) is 0 Å². The molecule has 5 heteroatoms. The van der Waals surface area contributed by atoms with Crippen molar-refractivity contribution < 1.29 is 4.74 Å². The zero-order valence-electron chi connectivity index (χ0n) is 8.83. The number of benzene rings is 1. The van der Waals surface area contributed by atoms with Gasteiger partial charge in [0, 0.05) is 22.3 Å². The molecule has 1 heterocycles. The van der Waals surface area contributed by atoms with Crippen LogP contribution in [-0.2, 0) is 6.54 Å². The number of halogens is 1. The number of nitrogens with two attached hydrogens (primary N) is 1. The lowest BCUT2D eigenvalue weighted by atomic mass is 10.1. The van der Waals surface area contributed by atoms with E-state index in [2.05, 4.69) is 26.1 Å². The molecule has 0 spiro atoms. The Morgan fingerprint density at radius 3 is 2.88 bits per heavy atom. The summed E-state index contributed by atoms with van der Waals surface area (Å²) >= 11 is 3.49. The van der Waals surface area contributed by atoms with Crippen LogP contribution in [0.1, 0.15) is 5.69 Å². The predicted molar refractivity (Wildman–Crippen MR) is 66.2 cm³/mol. The molecule has 0 saturated heterocycles. The maximum Gasteiger partial charge on any atom is 0.119 e. The number of ether oxygens (including phenoxy) is 1. The van der Waals surface area contributed by atoms with Crippen molar-refractivity contribution in [2.24, 2.45) is 5.73 Å². The highest BCUT2D eigenvalue weighted by molar-refractivity contribution is 9.10. The first-order chi connectivity index (χ1) is 7.74. The van der Waals surface area contributed by atoms with Gasteiger partial charge in [-0.15, -0.1) is 0 Å². The van der Waals surface area contributed by atoms with Gasteiger partial charge in [-0.2, -0.15) is 5.10 Å². The van der Waals surface area contributed by atoms with Crippen LogP contribution in [0.5, 0.6) is 5.75 Å². The Labute approximate surface area is 102 Å². The SMILES string of the molecule is COc1ccc(Br)c(-c2cc(CN)[nH]n2)c1. The molecular formula is C11H12BrN3O. The lowest BCUT2D eigenvalue weighted by Crippen LogP contribution is -1.95. The average molecular weight is 282 g/mol. The molecule has 0 fully saturated rings. The van der Waals surface area contributed by atoms with Crippen LogP contribution in [0.4, 0.5) is 0 Å². The van der Waals surface area contributed by atoms with E-state index in [0.717, 1.165) is 27.2 Å². The van der Waals surface area contributed by atoms with Crippen molar-refractivity contribution in [3.63, 3.8) is 0 Å². The molecule has 0 atom stereocenters. The van der Waals surface area contributed by atoms with Crippen LogP contribution in [0, 0.1) is 0 Å². The van der Waals surface area contributed by atoms with E-state index in [4.69, 9.17) is 10.5 Å². The van der Waals surface area contributed by atoms with Crippen molar-refractivity contribution in [2.45, 2.75) is 6.54 Å².